The van der Waals surface area contributed by atoms with Gasteiger partial charge in [-0.05, 0) is 62.4 Å². The van der Waals surface area contributed by atoms with Crippen molar-refractivity contribution in [3.63, 3.8) is 0 Å². The third-order valence-electron chi connectivity index (χ3n) is 6.35. The van der Waals surface area contributed by atoms with E-state index in [0.29, 0.717) is 18.0 Å². The van der Waals surface area contributed by atoms with Gasteiger partial charge in [0.1, 0.15) is 5.82 Å². The van der Waals surface area contributed by atoms with Crippen LogP contribution in [0.2, 0.25) is 0 Å². The molecule has 2 fully saturated rings. The first kappa shape index (κ1) is 29.0. The van der Waals surface area contributed by atoms with E-state index < -0.39 is 41.7 Å². The van der Waals surface area contributed by atoms with Crippen LogP contribution in [0.1, 0.15) is 49.7 Å². The highest BCUT2D eigenvalue weighted by atomic mass is 19.4. The first-order chi connectivity index (χ1) is 16.4. The van der Waals surface area contributed by atoms with Crippen LogP contribution in [-0.4, -0.2) is 75.1 Å². The molecule has 2 atom stereocenters. The molecule has 12 heteroatoms. The number of halogens is 4. The SMILES string of the molecule is Fc1ccc(CN(CC2CCCC2)C2CCNCC2)c(C(F)(F)F)c1.O=C(O)C(O)C(O)C(=O)O. The molecule has 1 heterocycles. The van der Waals surface area contributed by atoms with E-state index >= 15 is 0 Å². The fourth-order valence-corrected chi connectivity index (χ4v) is 4.48. The van der Waals surface area contributed by atoms with E-state index in [1.165, 1.54) is 18.9 Å². The van der Waals surface area contributed by atoms with Gasteiger partial charge >= 0.3 is 18.1 Å². The molecule has 1 saturated heterocycles. The number of hydrogen-bond acceptors (Lipinski definition) is 6. The van der Waals surface area contributed by atoms with Crippen LogP contribution >= 0.6 is 0 Å². The maximum atomic E-state index is 13.4. The van der Waals surface area contributed by atoms with Crippen LogP contribution < -0.4 is 5.32 Å². The summed E-state index contributed by atoms with van der Waals surface area (Å²) >= 11 is 0. The van der Waals surface area contributed by atoms with Crippen molar-refractivity contribution >= 4 is 11.9 Å². The Kier molecular flexibility index (Phi) is 10.9. The highest BCUT2D eigenvalue weighted by molar-refractivity contribution is 5.83. The fourth-order valence-electron chi connectivity index (χ4n) is 4.48. The van der Waals surface area contributed by atoms with Gasteiger partial charge in [0.25, 0.3) is 0 Å². The summed E-state index contributed by atoms with van der Waals surface area (Å²) in [4.78, 5) is 21.8. The number of aliphatic hydroxyl groups is 2. The molecule has 0 amide bonds. The van der Waals surface area contributed by atoms with Crippen LogP contribution in [0.25, 0.3) is 0 Å². The normalized spacial score (nSPS) is 19.2. The lowest BCUT2D eigenvalue weighted by molar-refractivity contribution is -0.165. The van der Waals surface area contributed by atoms with Crippen LogP contribution in [0.15, 0.2) is 18.2 Å². The van der Waals surface area contributed by atoms with Crippen molar-refractivity contribution < 1.29 is 47.6 Å². The number of carboxylic acid groups (broad SMARTS) is 2. The zero-order chi connectivity index (χ0) is 26.2. The summed E-state index contributed by atoms with van der Waals surface area (Å²) in [6.07, 6.45) is -2.39. The lowest BCUT2D eigenvalue weighted by Gasteiger charge is -2.36. The minimum Gasteiger partial charge on any atom is -0.479 e. The Balaban J connectivity index is 0.000000367. The van der Waals surface area contributed by atoms with E-state index in [9.17, 15) is 27.2 Å². The van der Waals surface area contributed by atoms with Crippen LogP contribution in [0.3, 0.4) is 0 Å². The third-order valence-corrected chi connectivity index (χ3v) is 6.35. The number of carboxylic acids is 2. The number of aliphatic hydroxyl groups excluding tert-OH is 2. The average molecular weight is 509 g/mol. The Bertz CT molecular complexity index is 824. The second-order valence-corrected chi connectivity index (χ2v) is 8.93. The van der Waals surface area contributed by atoms with Crippen LogP contribution in [0.5, 0.6) is 0 Å². The predicted octanol–water partition coefficient (Wildman–Crippen LogP) is 2.47. The van der Waals surface area contributed by atoms with E-state index in [0.717, 1.165) is 51.4 Å². The monoisotopic (exact) mass is 508 g/mol. The third kappa shape index (κ3) is 9.02. The molecular weight excluding hydrogens is 476 g/mol. The predicted molar refractivity (Wildman–Crippen MR) is 117 cm³/mol. The molecule has 0 radical (unpaired) electrons. The molecule has 198 valence electrons. The van der Waals surface area contributed by atoms with Crippen molar-refractivity contribution in [1.82, 2.24) is 10.2 Å². The fraction of sp³-hybridized carbons (Fsp3) is 0.652. The van der Waals surface area contributed by atoms with E-state index in [-0.39, 0.29) is 12.1 Å². The van der Waals surface area contributed by atoms with Gasteiger partial charge in [-0.25, -0.2) is 14.0 Å². The molecule has 3 rings (SSSR count). The van der Waals surface area contributed by atoms with Crippen LogP contribution in [0.4, 0.5) is 17.6 Å². The highest BCUT2D eigenvalue weighted by Gasteiger charge is 2.35. The zero-order valence-electron chi connectivity index (χ0n) is 19.2. The molecule has 2 unspecified atom stereocenters. The maximum absolute atomic E-state index is 13.4. The molecule has 1 aliphatic heterocycles. The standard InChI is InChI=1S/C19H26F4N2.C4H6O6/c20-16-6-5-15(18(11-16)19(21,22)23)13-25(12-14-3-1-2-4-14)17-7-9-24-10-8-17;5-1(3(7)8)2(6)4(9)10/h5-6,11,14,17,24H,1-4,7-10,12-13H2;1-2,5-6H,(H,7,8)(H,9,10). The van der Waals surface area contributed by atoms with Gasteiger partial charge in [-0.2, -0.15) is 13.2 Å². The van der Waals surface area contributed by atoms with E-state index in [1.807, 2.05) is 0 Å². The smallest absolute Gasteiger partial charge is 0.416 e. The lowest BCUT2D eigenvalue weighted by Crippen LogP contribution is -2.44. The number of benzene rings is 1. The van der Waals surface area contributed by atoms with Crippen LogP contribution in [-0.2, 0) is 22.3 Å². The van der Waals surface area contributed by atoms with Crippen molar-refractivity contribution in [3.8, 4) is 0 Å². The molecule has 1 aromatic rings. The van der Waals surface area contributed by atoms with Crippen LogP contribution in [0, 0.1) is 11.7 Å². The number of aliphatic carboxylic acids is 2. The van der Waals surface area contributed by atoms with E-state index in [4.69, 9.17) is 20.4 Å². The summed E-state index contributed by atoms with van der Waals surface area (Å²) in [5.74, 6) is -3.80. The molecule has 1 aliphatic carbocycles. The molecule has 2 aliphatic rings. The van der Waals surface area contributed by atoms with Gasteiger partial charge in [0.05, 0.1) is 5.56 Å². The molecule has 1 saturated carbocycles. The first-order valence-corrected chi connectivity index (χ1v) is 11.5. The number of rotatable bonds is 8. The van der Waals surface area contributed by atoms with Gasteiger partial charge in [0.15, 0.2) is 12.2 Å². The maximum Gasteiger partial charge on any atom is 0.416 e. The second-order valence-electron chi connectivity index (χ2n) is 8.93. The largest absolute Gasteiger partial charge is 0.479 e. The number of carbonyl (C=O) groups is 2. The Morgan fingerprint density at radius 2 is 1.54 bits per heavy atom. The van der Waals surface area contributed by atoms with Gasteiger partial charge in [-0.3, -0.25) is 4.90 Å². The number of alkyl halides is 3. The molecule has 0 bridgehead atoms. The van der Waals surface area contributed by atoms with Gasteiger partial charge < -0.3 is 25.7 Å². The summed E-state index contributed by atoms with van der Waals surface area (Å²) in [5.41, 5.74) is -0.650. The number of nitrogens with zero attached hydrogens (tertiary/aromatic N) is 1. The van der Waals surface area contributed by atoms with Crippen molar-refractivity contribution in [2.24, 2.45) is 5.92 Å². The van der Waals surface area contributed by atoms with E-state index in [1.54, 1.807) is 0 Å². The Morgan fingerprint density at radius 3 is 2.03 bits per heavy atom. The lowest BCUT2D eigenvalue weighted by atomic mass is 9.98. The highest BCUT2D eigenvalue weighted by Crippen LogP contribution is 2.34. The Hall–Kier alpha value is -2.28. The molecule has 35 heavy (non-hydrogen) atoms. The van der Waals surface area contributed by atoms with Crippen molar-refractivity contribution in [3.05, 3.63) is 35.1 Å². The summed E-state index contributed by atoms with van der Waals surface area (Å²) in [6.45, 7) is 2.90. The summed E-state index contributed by atoms with van der Waals surface area (Å²) < 4.78 is 53.4. The van der Waals surface area contributed by atoms with Crippen molar-refractivity contribution in [2.45, 2.75) is 69.5 Å². The molecule has 1 aromatic carbocycles. The van der Waals surface area contributed by atoms with Gasteiger partial charge in [0, 0.05) is 19.1 Å². The van der Waals surface area contributed by atoms with Gasteiger partial charge in [0.2, 0.25) is 0 Å². The van der Waals surface area contributed by atoms with Crippen molar-refractivity contribution in [1.29, 1.82) is 0 Å². The van der Waals surface area contributed by atoms with Gasteiger partial charge in [-0.15, -0.1) is 0 Å². The molecule has 0 spiro atoms. The zero-order valence-corrected chi connectivity index (χ0v) is 19.2. The number of nitrogens with one attached hydrogen (secondary N) is 1. The molecule has 5 N–H and O–H groups in total. The first-order valence-electron chi connectivity index (χ1n) is 11.5. The quantitative estimate of drug-likeness (QED) is 0.339. The van der Waals surface area contributed by atoms with Gasteiger partial charge in [-0.1, -0.05) is 18.9 Å². The Morgan fingerprint density at radius 1 is 1.00 bits per heavy atom. The van der Waals surface area contributed by atoms with Crippen molar-refractivity contribution in [2.75, 3.05) is 19.6 Å². The number of hydrogen-bond donors (Lipinski definition) is 5. The second kappa shape index (κ2) is 13.1. The summed E-state index contributed by atoms with van der Waals surface area (Å²) in [5, 5.41) is 35.8. The van der Waals surface area contributed by atoms with E-state index in [2.05, 4.69) is 10.2 Å². The Labute approximate surface area is 200 Å². The molecule has 8 nitrogen and oxygen atoms in total. The minimum absolute atomic E-state index is 0.186. The number of piperidine rings is 1. The molecule has 0 aromatic heterocycles. The average Bonchev–Trinajstić information content (AvgIpc) is 3.32. The molecular formula is C23H32F4N2O6. The minimum atomic E-state index is -4.52. The topological polar surface area (TPSA) is 130 Å². The summed E-state index contributed by atoms with van der Waals surface area (Å²) in [6, 6.07) is 3.38. The summed E-state index contributed by atoms with van der Waals surface area (Å²) in [7, 11) is 0.